The Morgan fingerprint density at radius 2 is 1.26 bits per heavy atom. The molecule has 20 heteroatoms. The number of aryl methyl sites for hydroxylation is 6. The number of rotatable bonds is 10. The molecule has 6 aromatic rings. The van der Waals surface area contributed by atoms with Crippen molar-refractivity contribution in [2.45, 2.75) is 90.6 Å². The van der Waals surface area contributed by atoms with E-state index >= 15 is 0 Å². The number of hydrogen-bond acceptors (Lipinski definition) is 11. The number of carbonyl (C=O) groups is 1. The zero-order valence-corrected chi connectivity index (χ0v) is 35.1. The summed E-state index contributed by atoms with van der Waals surface area (Å²) in [5.74, 6) is 0.708. The van der Waals surface area contributed by atoms with Gasteiger partial charge in [0.05, 0.1) is 23.7 Å². The largest absolute Gasteiger partial charge is 0.390 e. The third-order valence-corrected chi connectivity index (χ3v) is 8.25. The van der Waals surface area contributed by atoms with Crippen LogP contribution in [0.15, 0.2) is 75.9 Å². The van der Waals surface area contributed by atoms with Gasteiger partial charge >= 0.3 is 0 Å². The van der Waals surface area contributed by atoms with E-state index in [-0.39, 0.29) is 30.1 Å². The van der Waals surface area contributed by atoms with Crippen LogP contribution in [0, 0.1) is 18.6 Å². The molecule has 0 aliphatic heterocycles. The average molecular weight is 868 g/mol. The van der Waals surface area contributed by atoms with Gasteiger partial charge in [0.2, 0.25) is 0 Å². The predicted octanol–water partition coefficient (Wildman–Crippen LogP) is 5.66. The molecule has 0 bridgehead atoms. The number of H-pyrrole nitrogens is 3. The van der Waals surface area contributed by atoms with Gasteiger partial charge in [0.25, 0.3) is 11.1 Å². The first-order valence-electron chi connectivity index (χ1n) is 16.7. The summed E-state index contributed by atoms with van der Waals surface area (Å²) in [6, 6.07) is 10.4. The van der Waals surface area contributed by atoms with Crippen LogP contribution < -0.4 is 11.1 Å². The molecule has 0 aromatic carbocycles. The Morgan fingerprint density at radius 1 is 0.759 bits per heavy atom. The Balaban J connectivity index is 0.000000347. The third-order valence-electron chi connectivity index (χ3n) is 6.56. The third kappa shape index (κ3) is 18.6. The molecule has 0 spiro atoms. The Bertz CT molecular complexity index is 2010. The molecule has 0 atom stereocenters. The number of alkyl halides is 1. The zero-order chi connectivity index (χ0) is 39.2. The highest BCUT2D eigenvalue weighted by Crippen LogP contribution is 2.16. The Hall–Kier alpha value is -4.43. The second kappa shape index (κ2) is 26.4. The minimum Gasteiger partial charge on any atom is -0.390 e. The van der Waals surface area contributed by atoms with E-state index in [2.05, 4.69) is 75.4 Å². The lowest BCUT2D eigenvalue weighted by molar-refractivity contribution is 0.111. The van der Waals surface area contributed by atoms with E-state index in [0.717, 1.165) is 66.3 Å². The number of halogens is 2. The second-order valence-corrected chi connectivity index (χ2v) is 12.7. The van der Waals surface area contributed by atoms with Crippen molar-refractivity contribution in [2.75, 3.05) is 0 Å². The van der Waals surface area contributed by atoms with E-state index < -0.39 is 0 Å². The van der Waals surface area contributed by atoms with Crippen molar-refractivity contribution in [2.24, 2.45) is 0 Å². The van der Waals surface area contributed by atoms with Crippen LogP contribution >= 0.6 is 52.3 Å². The fraction of sp³-hybridized carbons (Fsp3) is 0.382. The molecule has 4 N–H and O–H groups in total. The summed E-state index contributed by atoms with van der Waals surface area (Å²) in [6.07, 6.45) is 8.31. The highest BCUT2D eigenvalue weighted by molar-refractivity contribution is 9.08. The molecule has 6 heterocycles. The van der Waals surface area contributed by atoms with Crippen LogP contribution in [0.5, 0.6) is 0 Å². The highest BCUT2D eigenvalue weighted by atomic mass is 79.9. The van der Waals surface area contributed by atoms with Crippen LogP contribution in [0.1, 0.15) is 66.7 Å². The van der Waals surface area contributed by atoms with Crippen LogP contribution in [0.3, 0.4) is 0 Å². The van der Waals surface area contributed by atoms with Gasteiger partial charge in [-0.15, -0.1) is 12.4 Å². The van der Waals surface area contributed by atoms with E-state index in [1.54, 1.807) is 28.6 Å². The number of aromatic nitrogens is 12. The standard InChI is InChI=1S/C11H14N4OS.C6H9BrN2.C6H10N2O.C6H8N2O.C5H6N2OS.ClH/c1-3-15-5-4-9(14-15)7-17-11-12-8(2)6-10(16)13-11;1-2-9-4-3-6(5-7)8-9;2*1-2-8-4-3-6(5-9)7-8;1-3-2-4(8)7-5(9)6-3;/h4-6H,3,7H2,1-2H3,(H,12,13,16);3-4H,2,5H2,1H3;3-4,9H,2,5H2,1H3;3-5H,2H2,1H3;2H,1H3,(H2,6,7,8,9);1H. The Labute approximate surface area is 337 Å². The molecule has 0 saturated carbocycles. The van der Waals surface area contributed by atoms with Gasteiger partial charge < -0.3 is 15.1 Å². The summed E-state index contributed by atoms with van der Waals surface area (Å²) in [5.41, 5.74) is 4.56. The lowest BCUT2D eigenvalue weighted by Crippen LogP contribution is -2.08. The lowest BCUT2D eigenvalue weighted by atomic mass is 10.5. The maximum Gasteiger partial charge on any atom is 0.251 e. The lowest BCUT2D eigenvalue weighted by Gasteiger charge is -1.99. The zero-order valence-electron chi connectivity index (χ0n) is 31.1. The molecule has 0 saturated heterocycles. The minimum absolute atomic E-state index is 0. The van der Waals surface area contributed by atoms with Crippen molar-refractivity contribution in [3.8, 4) is 0 Å². The normalized spacial score (nSPS) is 9.85. The maximum absolute atomic E-state index is 11.2. The quantitative estimate of drug-likeness (QED) is 0.0435. The first-order chi connectivity index (χ1) is 25.4. The SMILES string of the molecule is CCn1ccc(C=O)n1.CCn1ccc(CBr)n1.CCn1ccc(CO)n1.CCn1ccc(CSc2nc(C)cc(=O)[nH]2)n1.Cc1cc(=O)[nH]c(=S)[nH]1.Cl. The van der Waals surface area contributed by atoms with Gasteiger partial charge in [-0.1, -0.05) is 27.7 Å². The molecule has 0 aliphatic carbocycles. The smallest absolute Gasteiger partial charge is 0.251 e. The Morgan fingerprint density at radius 3 is 1.67 bits per heavy atom. The first-order valence-corrected chi connectivity index (χ1v) is 19.2. The maximum atomic E-state index is 11.2. The van der Waals surface area contributed by atoms with E-state index in [9.17, 15) is 14.4 Å². The number of nitrogens with zero attached hydrogens (tertiary/aromatic N) is 9. The molecule has 0 amide bonds. The van der Waals surface area contributed by atoms with Gasteiger partial charge in [-0.25, -0.2) is 4.98 Å². The Kier molecular flexibility index (Phi) is 23.2. The summed E-state index contributed by atoms with van der Waals surface area (Å²) >= 11 is 9.48. The molecule has 0 unspecified atom stereocenters. The molecule has 294 valence electrons. The van der Waals surface area contributed by atoms with Crippen molar-refractivity contribution in [1.82, 2.24) is 59.1 Å². The monoisotopic (exact) mass is 866 g/mol. The number of aliphatic hydroxyl groups is 1. The van der Waals surface area contributed by atoms with Crippen LogP contribution in [-0.4, -0.2) is 70.5 Å². The van der Waals surface area contributed by atoms with Gasteiger partial charge in [0, 0.05) is 85.6 Å². The van der Waals surface area contributed by atoms with E-state index in [1.807, 2.05) is 73.8 Å². The average Bonchev–Trinajstić information content (AvgIpc) is 3.98. The molecule has 16 nitrogen and oxygen atoms in total. The van der Waals surface area contributed by atoms with Crippen LogP contribution in [-0.2, 0) is 43.9 Å². The van der Waals surface area contributed by atoms with Crippen molar-refractivity contribution in [1.29, 1.82) is 0 Å². The van der Waals surface area contributed by atoms with Crippen molar-refractivity contribution in [3.05, 3.63) is 121 Å². The summed E-state index contributed by atoms with van der Waals surface area (Å²) in [6.45, 7) is 15.2. The van der Waals surface area contributed by atoms with E-state index in [4.69, 9.17) is 5.11 Å². The number of carbonyl (C=O) groups excluding carboxylic acids is 1. The second-order valence-electron chi connectivity index (χ2n) is 10.7. The fourth-order valence-electron chi connectivity index (χ4n) is 3.94. The molecule has 6 rings (SSSR count). The number of aldehydes is 1. The van der Waals surface area contributed by atoms with E-state index in [1.165, 1.54) is 23.9 Å². The number of thioether (sulfide) groups is 1. The van der Waals surface area contributed by atoms with E-state index in [0.29, 0.717) is 21.4 Å². The van der Waals surface area contributed by atoms with Gasteiger partial charge in [-0.2, -0.15) is 20.4 Å². The predicted molar refractivity (Wildman–Crippen MR) is 219 cm³/mol. The topological polar surface area (TPSA) is 203 Å². The van der Waals surface area contributed by atoms with Crippen molar-refractivity contribution in [3.63, 3.8) is 0 Å². The summed E-state index contributed by atoms with van der Waals surface area (Å²) in [4.78, 5) is 44.0. The minimum atomic E-state index is -0.156. The molecular formula is C34H48BrClN12O4S2. The van der Waals surface area contributed by atoms with Crippen LogP contribution in [0.25, 0.3) is 0 Å². The highest BCUT2D eigenvalue weighted by Gasteiger charge is 2.03. The van der Waals surface area contributed by atoms with Crippen molar-refractivity contribution >= 4 is 58.6 Å². The van der Waals surface area contributed by atoms with Crippen LogP contribution in [0.4, 0.5) is 0 Å². The van der Waals surface area contributed by atoms with Crippen LogP contribution in [0.2, 0.25) is 0 Å². The summed E-state index contributed by atoms with van der Waals surface area (Å²) < 4.78 is 7.66. The molecule has 54 heavy (non-hydrogen) atoms. The van der Waals surface area contributed by atoms with Gasteiger partial charge in [0.15, 0.2) is 16.2 Å². The molecule has 0 fully saturated rings. The molecule has 0 radical (unpaired) electrons. The first kappa shape index (κ1) is 47.6. The number of aliphatic hydroxyl groups excluding tert-OH is 1. The van der Waals surface area contributed by atoms with Crippen molar-refractivity contribution < 1.29 is 9.90 Å². The summed E-state index contributed by atoms with van der Waals surface area (Å²) in [7, 11) is 0. The number of nitrogens with one attached hydrogen (secondary N) is 3. The number of aromatic amines is 3. The van der Waals surface area contributed by atoms with Gasteiger partial charge in [-0.05, 0) is 78.0 Å². The van der Waals surface area contributed by atoms with Gasteiger partial charge in [0.1, 0.15) is 5.69 Å². The fourth-order valence-corrected chi connectivity index (χ4v) is 5.32. The molecule has 6 aromatic heterocycles. The summed E-state index contributed by atoms with van der Waals surface area (Å²) in [5, 5.41) is 26.5. The van der Waals surface area contributed by atoms with Gasteiger partial charge in [-0.3, -0.25) is 38.1 Å². The molecular weight excluding hydrogens is 820 g/mol. The molecule has 0 aliphatic rings. The number of hydrogen-bond donors (Lipinski definition) is 4.